The maximum Gasteiger partial charge on any atom is 0.226 e. The van der Waals surface area contributed by atoms with Gasteiger partial charge in [0, 0.05) is 38.9 Å². The molecule has 1 unspecified atom stereocenters. The van der Waals surface area contributed by atoms with E-state index < -0.39 is 6.04 Å². The number of allylic oxidation sites excluding steroid dienone is 2. The number of nitrogens with zero attached hydrogens (tertiary/aromatic N) is 3. The topological polar surface area (TPSA) is 59.8 Å². The number of hydrogen-bond donors (Lipinski definition) is 1. The van der Waals surface area contributed by atoms with Gasteiger partial charge in [-0.15, -0.1) is 5.10 Å². The van der Waals surface area contributed by atoms with Crippen molar-refractivity contribution in [1.29, 1.82) is 0 Å². The number of fused-ring (bicyclic) bond motifs is 1. The Labute approximate surface area is 178 Å². The van der Waals surface area contributed by atoms with Crippen LogP contribution < -0.4 is 5.32 Å². The van der Waals surface area contributed by atoms with E-state index in [4.69, 9.17) is 33.3 Å². The maximum atomic E-state index is 12.9. The summed E-state index contributed by atoms with van der Waals surface area (Å²) in [6.07, 6.45) is 2.15. The summed E-state index contributed by atoms with van der Waals surface area (Å²) in [5.74, 6) is 1.34. The smallest absolute Gasteiger partial charge is 0.226 e. The van der Waals surface area contributed by atoms with Crippen LogP contribution in [0.15, 0.2) is 53.7 Å². The van der Waals surface area contributed by atoms with Crippen LogP contribution in [0, 0.1) is 6.92 Å². The van der Waals surface area contributed by atoms with Gasteiger partial charge in [-0.1, -0.05) is 53.0 Å². The fourth-order valence-electron chi connectivity index (χ4n) is 4.07. The van der Waals surface area contributed by atoms with Crippen molar-refractivity contribution in [3.8, 4) is 11.4 Å². The maximum absolute atomic E-state index is 12.9. The summed E-state index contributed by atoms with van der Waals surface area (Å²) in [7, 11) is 0. The number of nitrogens with one attached hydrogen (secondary N) is 1. The molecular formula is C22H18Cl2N4O. The van der Waals surface area contributed by atoms with Crippen molar-refractivity contribution in [3.05, 3.63) is 74.9 Å². The Kier molecular flexibility index (Phi) is 4.45. The standard InChI is InChI=1S/C22H18Cl2N4O/c1-12-4-2-5-13(10-12)21-26-22-25-17-6-3-7-18(29)19(17)20(28(22)27-21)15-9-8-14(23)11-16(15)24/h2,4-5,8-11,20H,3,6-7H2,1H3,(H,25,26,27). The summed E-state index contributed by atoms with van der Waals surface area (Å²) >= 11 is 12.7. The van der Waals surface area contributed by atoms with E-state index in [2.05, 4.69) is 5.32 Å². The Morgan fingerprint density at radius 1 is 1.14 bits per heavy atom. The molecule has 1 aromatic heterocycles. The fourth-order valence-corrected chi connectivity index (χ4v) is 4.59. The lowest BCUT2D eigenvalue weighted by Crippen LogP contribution is -2.31. The van der Waals surface area contributed by atoms with E-state index in [0.717, 1.165) is 35.2 Å². The lowest BCUT2D eigenvalue weighted by molar-refractivity contribution is -0.116. The Bertz CT molecular complexity index is 1180. The molecule has 5 nitrogen and oxygen atoms in total. The second-order valence-corrected chi connectivity index (χ2v) is 8.28. The Morgan fingerprint density at radius 3 is 2.79 bits per heavy atom. The molecule has 1 aliphatic carbocycles. The van der Waals surface area contributed by atoms with Gasteiger partial charge in [-0.05, 0) is 38.0 Å². The van der Waals surface area contributed by atoms with E-state index in [0.29, 0.717) is 33.8 Å². The molecule has 0 saturated carbocycles. The van der Waals surface area contributed by atoms with Gasteiger partial charge in [0.1, 0.15) is 6.04 Å². The van der Waals surface area contributed by atoms with Gasteiger partial charge >= 0.3 is 0 Å². The molecule has 2 aromatic carbocycles. The highest BCUT2D eigenvalue weighted by Gasteiger charge is 2.37. The lowest BCUT2D eigenvalue weighted by atomic mass is 9.85. The zero-order valence-corrected chi connectivity index (χ0v) is 17.3. The van der Waals surface area contributed by atoms with Crippen molar-refractivity contribution in [1.82, 2.24) is 14.8 Å². The van der Waals surface area contributed by atoms with Crippen LogP contribution in [0.3, 0.4) is 0 Å². The minimum absolute atomic E-state index is 0.119. The zero-order chi connectivity index (χ0) is 20.1. The molecule has 1 aliphatic heterocycles. The van der Waals surface area contributed by atoms with E-state index in [1.165, 1.54) is 0 Å². The van der Waals surface area contributed by atoms with Crippen molar-refractivity contribution in [3.63, 3.8) is 0 Å². The predicted molar refractivity (Wildman–Crippen MR) is 114 cm³/mol. The van der Waals surface area contributed by atoms with Crippen LogP contribution in [0.25, 0.3) is 11.4 Å². The number of carbonyl (C=O) groups excluding carboxylic acids is 1. The molecule has 3 aromatic rings. The normalized spacial score (nSPS) is 18.3. The first-order valence-corrected chi connectivity index (χ1v) is 10.3. The molecule has 1 N–H and O–H groups in total. The second-order valence-electron chi connectivity index (χ2n) is 7.44. The SMILES string of the molecule is Cc1cccc(-c2nc3n(n2)C(c2ccc(Cl)cc2Cl)C2=C(CCCC2=O)N3)c1. The summed E-state index contributed by atoms with van der Waals surface area (Å²) < 4.78 is 1.77. The molecule has 0 fully saturated rings. The van der Waals surface area contributed by atoms with Gasteiger partial charge in [0.05, 0.1) is 0 Å². The number of hydrogen-bond acceptors (Lipinski definition) is 4. The quantitative estimate of drug-likeness (QED) is 0.582. The van der Waals surface area contributed by atoms with Crippen LogP contribution in [0.2, 0.25) is 10.0 Å². The number of halogens is 2. The molecule has 2 aliphatic rings. The summed E-state index contributed by atoms with van der Waals surface area (Å²) in [5, 5.41) is 9.18. The highest BCUT2D eigenvalue weighted by atomic mass is 35.5. The number of rotatable bonds is 2. The monoisotopic (exact) mass is 424 g/mol. The highest BCUT2D eigenvalue weighted by Crippen LogP contribution is 2.43. The highest BCUT2D eigenvalue weighted by molar-refractivity contribution is 6.35. The summed E-state index contributed by atoms with van der Waals surface area (Å²) in [6, 6.07) is 13.0. The minimum atomic E-state index is -0.426. The fraction of sp³-hybridized carbons (Fsp3) is 0.227. The Balaban J connectivity index is 1.71. The molecule has 7 heteroatoms. The first kappa shape index (κ1) is 18.4. The van der Waals surface area contributed by atoms with Crippen LogP contribution >= 0.6 is 23.2 Å². The zero-order valence-electron chi connectivity index (χ0n) is 15.7. The third kappa shape index (κ3) is 3.15. The molecule has 2 heterocycles. The molecule has 5 rings (SSSR count). The number of aryl methyl sites for hydroxylation is 1. The third-order valence-corrected chi connectivity index (χ3v) is 5.96. The number of carbonyl (C=O) groups is 1. The molecule has 146 valence electrons. The third-order valence-electron chi connectivity index (χ3n) is 5.40. The Hall–Kier alpha value is -2.63. The largest absolute Gasteiger partial charge is 0.328 e. The van der Waals surface area contributed by atoms with E-state index in [9.17, 15) is 4.79 Å². The average molecular weight is 425 g/mol. The molecular weight excluding hydrogens is 407 g/mol. The van der Waals surface area contributed by atoms with Crippen molar-refractivity contribution in [2.24, 2.45) is 0 Å². The summed E-state index contributed by atoms with van der Waals surface area (Å²) in [4.78, 5) is 17.6. The van der Waals surface area contributed by atoms with Crippen molar-refractivity contribution >= 4 is 34.9 Å². The number of Topliss-reactive ketones (excluding diaryl/α,β-unsaturated/α-hetero) is 1. The number of aromatic nitrogens is 3. The van der Waals surface area contributed by atoms with Crippen molar-refractivity contribution in [2.45, 2.75) is 32.2 Å². The molecule has 0 bridgehead atoms. The van der Waals surface area contributed by atoms with Crippen LogP contribution in [-0.2, 0) is 4.79 Å². The van der Waals surface area contributed by atoms with Crippen molar-refractivity contribution < 1.29 is 4.79 Å². The molecule has 1 atom stereocenters. The lowest BCUT2D eigenvalue weighted by Gasteiger charge is -2.32. The number of anilines is 1. The van der Waals surface area contributed by atoms with Gasteiger partial charge in [0.25, 0.3) is 0 Å². The summed E-state index contributed by atoms with van der Waals surface area (Å²) in [6.45, 7) is 2.03. The molecule has 0 spiro atoms. The van der Waals surface area contributed by atoms with Gasteiger partial charge in [0.15, 0.2) is 11.6 Å². The van der Waals surface area contributed by atoms with Gasteiger partial charge in [0.2, 0.25) is 5.95 Å². The van der Waals surface area contributed by atoms with E-state index in [1.54, 1.807) is 16.8 Å². The van der Waals surface area contributed by atoms with Gasteiger partial charge in [-0.25, -0.2) is 4.68 Å². The molecule has 0 amide bonds. The van der Waals surface area contributed by atoms with Crippen molar-refractivity contribution in [2.75, 3.05) is 5.32 Å². The van der Waals surface area contributed by atoms with Crippen LogP contribution in [-0.4, -0.2) is 20.5 Å². The van der Waals surface area contributed by atoms with Gasteiger partial charge in [-0.3, -0.25) is 4.79 Å². The molecule has 29 heavy (non-hydrogen) atoms. The van der Waals surface area contributed by atoms with Gasteiger partial charge in [-0.2, -0.15) is 4.98 Å². The van der Waals surface area contributed by atoms with Crippen LogP contribution in [0.1, 0.15) is 36.4 Å². The first-order chi connectivity index (χ1) is 14.0. The van der Waals surface area contributed by atoms with E-state index in [-0.39, 0.29) is 5.78 Å². The van der Waals surface area contributed by atoms with E-state index in [1.807, 2.05) is 37.3 Å². The second kappa shape index (κ2) is 7.01. The minimum Gasteiger partial charge on any atom is -0.328 e. The van der Waals surface area contributed by atoms with Gasteiger partial charge < -0.3 is 5.32 Å². The van der Waals surface area contributed by atoms with Crippen LogP contribution in [0.4, 0.5) is 5.95 Å². The number of benzene rings is 2. The van der Waals surface area contributed by atoms with Crippen LogP contribution in [0.5, 0.6) is 0 Å². The molecule has 0 radical (unpaired) electrons. The summed E-state index contributed by atoms with van der Waals surface area (Å²) in [5.41, 5.74) is 4.48. The van der Waals surface area contributed by atoms with E-state index >= 15 is 0 Å². The first-order valence-electron chi connectivity index (χ1n) is 9.53. The molecule has 0 saturated heterocycles. The predicted octanol–water partition coefficient (Wildman–Crippen LogP) is 5.58. The number of ketones is 1. The average Bonchev–Trinajstić information content (AvgIpc) is 3.11. The Morgan fingerprint density at radius 2 is 2.00 bits per heavy atom.